The Kier molecular flexibility index (Phi) is 4.90. The number of hydrogen-bond donors (Lipinski definition) is 2. The minimum atomic E-state index is -0.265. The van der Waals surface area contributed by atoms with Crippen molar-refractivity contribution in [1.82, 2.24) is 9.97 Å². The topological polar surface area (TPSA) is 66.9 Å². The van der Waals surface area contributed by atoms with Crippen LogP contribution in [0.3, 0.4) is 0 Å². The number of nitrogens with zero attached hydrogens (tertiary/aromatic N) is 2. The predicted molar refractivity (Wildman–Crippen MR) is 87.6 cm³/mol. The van der Waals surface area contributed by atoms with Crippen LogP contribution in [0.4, 0.5) is 11.5 Å². The number of carbonyl (C=O) groups is 1. The van der Waals surface area contributed by atoms with E-state index >= 15 is 0 Å². The summed E-state index contributed by atoms with van der Waals surface area (Å²) in [7, 11) is 0. The second-order valence-electron chi connectivity index (χ2n) is 4.92. The smallest absolute Gasteiger partial charge is 0.274 e. The lowest BCUT2D eigenvalue weighted by Crippen LogP contribution is -2.17. The highest BCUT2D eigenvalue weighted by Crippen LogP contribution is 2.22. The maximum atomic E-state index is 12.3. The molecule has 0 saturated carbocycles. The SMILES string of the molecule is Cc1nc(NC(C)C)cc(C(=O)Nc2ccccc2Br)n1. The number of anilines is 2. The Morgan fingerprint density at radius 2 is 1.95 bits per heavy atom. The number of aromatic nitrogens is 2. The molecule has 1 heterocycles. The molecule has 2 aromatic rings. The van der Waals surface area contributed by atoms with Crippen LogP contribution in [-0.4, -0.2) is 21.9 Å². The van der Waals surface area contributed by atoms with Crippen LogP contribution in [0.25, 0.3) is 0 Å². The molecular formula is C15H17BrN4O. The number of hydrogen-bond acceptors (Lipinski definition) is 4. The number of aryl methyl sites for hydroxylation is 1. The summed E-state index contributed by atoms with van der Waals surface area (Å²) in [6.45, 7) is 5.79. The van der Waals surface area contributed by atoms with Crippen molar-refractivity contribution in [2.45, 2.75) is 26.8 Å². The second-order valence-corrected chi connectivity index (χ2v) is 5.77. The average molecular weight is 349 g/mol. The molecule has 0 spiro atoms. The Morgan fingerprint density at radius 3 is 2.62 bits per heavy atom. The van der Waals surface area contributed by atoms with Crippen LogP contribution >= 0.6 is 15.9 Å². The Bertz CT molecular complexity index is 658. The zero-order chi connectivity index (χ0) is 15.4. The average Bonchev–Trinajstić information content (AvgIpc) is 2.40. The first-order valence-electron chi connectivity index (χ1n) is 6.64. The summed E-state index contributed by atoms with van der Waals surface area (Å²) in [6.07, 6.45) is 0. The molecule has 0 fully saturated rings. The van der Waals surface area contributed by atoms with Crippen molar-refractivity contribution in [2.24, 2.45) is 0 Å². The van der Waals surface area contributed by atoms with Crippen LogP contribution in [0.1, 0.15) is 30.2 Å². The summed E-state index contributed by atoms with van der Waals surface area (Å²) in [5.41, 5.74) is 1.04. The van der Waals surface area contributed by atoms with E-state index < -0.39 is 0 Å². The molecule has 0 unspecified atom stereocenters. The molecular weight excluding hydrogens is 332 g/mol. The van der Waals surface area contributed by atoms with Crippen LogP contribution in [0.2, 0.25) is 0 Å². The summed E-state index contributed by atoms with van der Waals surface area (Å²) in [4.78, 5) is 20.8. The van der Waals surface area contributed by atoms with E-state index in [1.165, 1.54) is 0 Å². The first kappa shape index (κ1) is 15.4. The van der Waals surface area contributed by atoms with Gasteiger partial charge >= 0.3 is 0 Å². The van der Waals surface area contributed by atoms with E-state index in [0.29, 0.717) is 23.0 Å². The number of para-hydroxylation sites is 1. The molecule has 5 nitrogen and oxygen atoms in total. The van der Waals surface area contributed by atoms with Crippen molar-refractivity contribution in [3.05, 3.63) is 46.3 Å². The molecule has 2 N–H and O–H groups in total. The molecule has 110 valence electrons. The summed E-state index contributed by atoms with van der Waals surface area (Å²) in [5, 5.41) is 6.01. The molecule has 0 aliphatic carbocycles. The van der Waals surface area contributed by atoms with Crippen LogP contribution in [0.15, 0.2) is 34.8 Å². The van der Waals surface area contributed by atoms with Crippen LogP contribution < -0.4 is 10.6 Å². The van der Waals surface area contributed by atoms with Crippen LogP contribution in [0.5, 0.6) is 0 Å². The van der Waals surface area contributed by atoms with E-state index in [1.807, 2.05) is 38.1 Å². The van der Waals surface area contributed by atoms with E-state index in [-0.39, 0.29) is 11.9 Å². The summed E-state index contributed by atoms with van der Waals surface area (Å²) in [6, 6.07) is 9.32. The van der Waals surface area contributed by atoms with Crippen molar-refractivity contribution < 1.29 is 4.79 Å². The Balaban J connectivity index is 2.23. The third-order valence-corrected chi connectivity index (χ3v) is 3.32. The fourth-order valence-electron chi connectivity index (χ4n) is 1.80. The van der Waals surface area contributed by atoms with E-state index in [0.717, 1.165) is 4.47 Å². The molecule has 0 saturated heterocycles. The number of carbonyl (C=O) groups excluding carboxylic acids is 1. The Hall–Kier alpha value is -1.95. The molecule has 1 amide bonds. The number of benzene rings is 1. The van der Waals surface area contributed by atoms with Gasteiger partial charge in [0.05, 0.1) is 5.69 Å². The van der Waals surface area contributed by atoms with Crippen LogP contribution in [0, 0.1) is 6.92 Å². The van der Waals surface area contributed by atoms with Gasteiger partial charge < -0.3 is 10.6 Å². The molecule has 1 aromatic carbocycles. The lowest BCUT2D eigenvalue weighted by Gasteiger charge is -2.11. The highest BCUT2D eigenvalue weighted by Gasteiger charge is 2.12. The van der Waals surface area contributed by atoms with Crippen molar-refractivity contribution in [3.8, 4) is 0 Å². The van der Waals surface area contributed by atoms with Gasteiger partial charge in [-0.1, -0.05) is 12.1 Å². The van der Waals surface area contributed by atoms with Gasteiger partial charge in [-0.3, -0.25) is 4.79 Å². The predicted octanol–water partition coefficient (Wildman–Crippen LogP) is 3.62. The van der Waals surface area contributed by atoms with Crippen molar-refractivity contribution in [1.29, 1.82) is 0 Å². The quantitative estimate of drug-likeness (QED) is 0.885. The largest absolute Gasteiger partial charge is 0.368 e. The van der Waals surface area contributed by atoms with Gasteiger partial charge in [-0.15, -0.1) is 0 Å². The monoisotopic (exact) mass is 348 g/mol. The summed E-state index contributed by atoms with van der Waals surface area (Å²) >= 11 is 3.40. The molecule has 0 aliphatic rings. The van der Waals surface area contributed by atoms with Gasteiger partial charge in [0.1, 0.15) is 17.3 Å². The highest BCUT2D eigenvalue weighted by molar-refractivity contribution is 9.10. The molecule has 21 heavy (non-hydrogen) atoms. The molecule has 2 rings (SSSR count). The van der Waals surface area contributed by atoms with E-state index in [9.17, 15) is 4.79 Å². The molecule has 0 aliphatic heterocycles. The number of rotatable bonds is 4. The van der Waals surface area contributed by atoms with Gasteiger partial charge in [0.25, 0.3) is 5.91 Å². The molecule has 0 radical (unpaired) electrons. The Labute approximate surface area is 132 Å². The lowest BCUT2D eigenvalue weighted by atomic mass is 10.3. The highest BCUT2D eigenvalue weighted by atomic mass is 79.9. The fourth-order valence-corrected chi connectivity index (χ4v) is 2.19. The molecule has 0 atom stereocenters. The zero-order valence-electron chi connectivity index (χ0n) is 12.1. The van der Waals surface area contributed by atoms with E-state index in [4.69, 9.17) is 0 Å². The summed E-state index contributed by atoms with van der Waals surface area (Å²) in [5.74, 6) is 0.937. The Morgan fingerprint density at radius 1 is 1.24 bits per heavy atom. The van der Waals surface area contributed by atoms with Crippen LogP contribution in [-0.2, 0) is 0 Å². The number of amides is 1. The maximum Gasteiger partial charge on any atom is 0.274 e. The van der Waals surface area contributed by atoms with Gasteiger partial charge in [-0.2, -0.15) is 0 Å². The van der Waals surface area contributed by atoms with Gasteiger partial charge in [0.2, 0.25) is 0 Å². The lowest BCUT2D eigenvalue weighted by molar-refractivity contribution is 0.102. The molecule has 6 heteroatoms. The van der Waals surface area contributed by atoms with Gasteiger partial charge in [-0.05, 0) is 48.8 Å². The third-order valence-electron chi connectivity index (χ3n) is 2.63. The number of halogens is 1. The standard InChI is InChI=1S/C15H17BrN4O/c1-9(2)17-14-8-13(18-10(3)19-14)15(21)20-12-7-5-4-6-11(12)16/h4-9H,1-3H3,(H,20,21)(H,17,18,19). The van der Waals surface area contributed by atoms with Gasteiger partial charge in [0, 0.05) is 16.6 Å². The second kappa shape index (κ2) is 6.67. The van der Waals surface area contributed by atoms with Crippen molar-refractivity contribution in [3.63, 3.8) is 0 Å². The number of nitrogens with one attached hydrogen (secondary N) is 2. The van der Waals surface area contributed by atoms with E-state index in [1.54, 1.807) is 13.0 Å². The first-order chi connectivity index (χ1) is 9.95. The minimum absolute atomic E-state index is 0.235. The first-order valence-corrected chi connectivity index (χ1v) is 7.43. The zero-order valence-corrected chi connectivity index (χ0v) is 13.7. The normalized spacial score (nSPS) is 10.5. The van der Waals surface area contributed by atoms with Gasteiger partial charge in [-0.25, -0.2) is 9.97 Å². The molecule has 1 aromatic heterocycles. The van der Waals surface area contributed by atoms with E-state index in [2.05, 4.69) is 36.5 Å². The van der Waals surface area contributed by atoms with Crippen molar-refractivity contribution in [2.75, 3.05) is 10.6 Å². The molecule has 0 bridgehead atoms. The third kappa shape index (κ3) is 4.26. The fraction of sp³-hybridized carbons (Fsp3) is 0.267. The maximum absolute atomic E-state index is 12.3. The van der Waals surface area contributed by atoms with Crippen molar-refractivity contribution >= 4 is 33.3 Å². The van der Waals surface area contributed by atoms with Gasteiger partial charge in [0.15, 0.2) is 0 Å². The summed E-state index contributed by atoms with van der Waals surface area (Å²) < 4.78 is 0.824. The minimum Gasteiger partial charge on any atom is -0.368 e.